The third-order valence-electron chi connectivity index (χ3n) is 2.54. The minimum absolute atomic E-state index is 0.135. The van der Waals surface area contributed by atoms with Crippen molar-refractivity contribution in [3.63, 3.8) is 0 Å². The van der Waals surface area contributed by atoms with Gasteiger partial charge in [0.1, 0.15) is 12.4 Å². The smallest absolute Gasteiger partial charge is 0.335 e. The summed E-state index contributed by atoms with van der Waals surface area (Å²) in [5, 5.41) is 9.53. The van der Waals surface area contributed by atoms with E-state index < -0.39 is 5.97 Å². The number of carboxylic acids is 1. The van der Waals surface area contributed by atoms with Crippen LogP contribution in [0.1, 0.15) is 15.9 Å². The highest BCUT2D eigenvalue weighted by atomic mass is 35.5. The first-order valence-electron chi connectivity index (χ1n) is 5.56. The molecular formula is C14H12ClNO3. The minimum Gasteiger partial charge on any atom is -0.487 e. The van der Waals surface area contributed by atoms with E-state index in [1.807, 2.05) is 12.1 Å². The topological polar surface area (TPSA) is 72.6 Å². The summed E-state index contributed by atoms with van der Waals surface area (Å²) >= 11 is 5.87. The number of halogens is 1. The zero-order chi connectivity index (χ0) is 13.8. The lowest BCUT2D eigenvalue weighted by atomic mass is 10.2. The molecule has 2 aromatic rings. The third-order valence-corrected chi connectivity index (χ3v) is 2.78. The van der Waals surface area contributed by atoms with Gasteiger partial charge in [0.2, 0.25) is 0 Å². The van der Waals surface area contributed by atoms with Gasteiger partial charge >= 0.3 is 5.97 Å². The Bertz CT molecular complexity index is 613. The Balaban J connectivity index is 2.15. The van der Waals surface area contributed by atoms with Crippen LogP contribution in [0, 0.1) is 0 Å². The lowest BCUT2D eigenvalue weighted by molar-refractivity contribution is 0.0696. The zero-order valence-electron chi connectivity index (χ0n) is 9.97. The van der Waals surface area contributed by atoms with Crippen molar-refractivity contribution in [3.8, 4) is 5.75 Å². The van der Waals surface area contributed by atoms with Crippen LogP contribution >= 0.6 is 11.6 Å². The number of aromatic carboxylic acids is 1. The number of nitrogen functional groups attached to an aromatic ring is 1. The molecule has 0 spiro atoms. The van der Waals surface area contributed by atoms with Crippen LogP contribution < -0.4 is 10.5 Å². The Morgan fingerprint density at radius 1 is 1.26 bits per heavy atom. The number of carbonyl (C=O) groups is 1. The average molecular weight is 278 g/mol. The summed E-state index contributed by atoms with van der Waals surface area (Å²) in [6.07, 6.45) is 0. The molecule has 2 aromatic carbocycles. The Kier molecular flexibility index (Phi) is 3.92. The van der Waals surface area contributed by atoms with E-state index in [0.29, 0.717) is 16.5 Å². The summed E-state index contributed by atoms with van der Waals surface area (Å²) in [5.41, 5.74) is 7.15. The fraction of sp³-hybridized carbons (Fsp3) is 0.0714. The molecule has 0 radical (unpaired) electrons. The maximum Gasteiger partial charge on any atom is 0.335 e. The predicted molar refractivity (Wildman–Crippen MR) is 73.6 cm³/mol. The molecule has 19 heavy (non-hydrogen) atoms. The average Bonchev–Trinajstić information content (AvgIpc) is 2.37. The van der Waals surface area contributed by atoms with E-state index in [0.717, 1.165) is 5.56 Å². The van der Waals surface area contributed by atoms with E-state index >= 15 is 0 Å². The summed E-state index contributed by atoms with van der Waals surface area (Å²) < 4.78 is 5.52. The van der Waals surface area contributed by atoms with Gasteiger partial charge in [-0.1, -0.05) is 23.7 Å². The zero-order valence-corrected chi connectivity index (χ0v) is 10.7. The second-order valence-corrected chi connectivity index (χ2v) is 4.41. The number of hydrogen-bond donors (Lipinski definition) is 2. The molecule has 0 fully saturated rings. The molecular weight excluding hydrogens is 266 g/mol. The van der Waals surface area contributed by atoms with Crippen molar-refractivity contribution < 1.29 is 14.6 Å². The largest absolute Gasteiger partial charge is 0.487 e. The van der Waals surface area contributed by atoms with E-state index in [4.69, 9.17) is 27.2 Å². The number of hydrogen-bond acceptors (Lipinski definition) is 3. The molecule has 0 bridgehead atoms. The van der Waals surface area contributed by atoms with Crippen molar-refractivity contribution in [1.82, 2.24) is 0 Å². The molecule has 0 saturated carbocycles. The Morgan fingerprint density at radius 3 is 2.74 bits per heavy atom. The fourth-order valence-electron chi connectivity index (χ4n) is 1.58. The number of ether oxygens (including phenoxy) is 1. The van der Waals surface area contributed by atoms with Crippen LogP contribution in [0.15, 0.2) is 42.5 Å². The molecule has 0 amide bonds. The van der Waals surface area contributed by atoms with Crippen molar-refractivity contribution in [3.05, 3.63) is 58.6 Å². The highest BCUT2D eigenvalue weighted by molar-refractivity contribution is 6.30. The van der Waals surface area contributed by atoms with Gasteiger partial charge in [-0.05, 0) is 35.9 Å². The summed E-state index contributed by atoms with van der Waals surface area (Å²) in [5.74, 6) is -0.674. The van der Waals surface area contributed by atoms with Gasteiger partial charge in [0.15, 0.2) is 0 Å². The molecule has 0 unspecified atom stereocenters. The first-order valence-corrected chi connectivity index (χ1v) is 5.94. The van der Waals surface area contributed by atoms with Crippen LogP contribution in [0.25, 0.3) is 0 Å². The first kappa shape index (κ1) is 13.2. The van der Waals surface area contributed by atoms with Crippen LogP contribution in [0.5, 0.6) is 5.75 Å². The van der Waals surface area contributed by atoms with Gasteiger partial charge in [0.05, 0.1) is 11.3 Å². The van der Waals surface area contributed by atoms with Gasteiger partial charge in [-0.25, -0.2) is 4.79 Å². The molecule has 98 valence electrons. The van der Waals surface area contributed by atoms with Gasteiger partial charge in [-0.2, -0.15) is 0 Å². The third kappa shape index (κ3) is 3.39. The van der Waals surface area contributed by atoms with Crippen LogP contribution in [-0.4, -0.2) is 11.1 Å². The number of carboxylic acid groups (broad SMARTS) is 1. The second kappa shape index (κ2) is 5.63. The Morgan fingerprint density at radius 2 is 2.05 bits per heavy atom. The highest BCUT2D eigenvalue weighted by Crippen LogP contribution is 2.24. The number of benzene rings is 2. The van der Waals surface area contributed by atoms with E-state index in [1.54, 1.807) is 12.1 Å². The minimum atomic E-state index is -1.02. The molecule has 0 aliphatic heterocycles. The molecule has 0 atom stereocenters. The number of anilines is 1. The lowest BCUT2D eigenvalue weighted by Gasteiger charge is -2.10. The van der Waals surface area contributed by atoms with E-state index in [-0.39, 0.29) is 12.2 Å². The van der Waals surface area contributed by atoms with Gasteiger partial charge < -0.3 is 15.6 Å². The van der Waals surface area contributed by atoms with Crippen LogP contribution in [-0.2, 0) is 6.61 Å². The van der Waals surface area contributed by atoms with Crippen molar-refractivity contribution in [2.75, 3.05) is 5.73 Å². The van der Waals surface area contributed by atoms with Gasteiger partial charge in [-0.3, -0.25) is 0 Å². The summed E-state index contributed by atoms with van der Waals surface area (Å²) in [4.78, 5) is 10.9. The Hall–Kier alpha value is -2.20. The molecule has 2 rings (SSSR count). The normalized spacial score (nSPS) is 10.2. The van der Waals surface area contributed by atoms with Crippen molar-refractivity contribution >= 4 is 23.3 Å². The molecule has 0 aliphatic rings. The van der Waals surface area contributed by atoms with Crippen molar-refractivity contribution in [2.45, 2.75) is 6.61 Å². The van der Waals surface area contributed by atoms with Gasteiger partial charge in [0, 0.05) is 5.02 Å². The molecule has 0 aromatic heterocycles. The molecule has 0 saturated heterocycles. The fourth-order valence-corrected chi connectivity index (χ4v) is 1.79. The predicted octanol–water partition coefficient (Wildman–Crippen LogP) is 3.20. The number of nitrogens with two attached hydrogens (primary N) is 1. The summed E-state index contributed by atoms with van der Waals surface area (Å²) in [6, 6.07) is 11.6. The van der Waals surface area contributed by atoms with Crippen LogP contribution in [0.3, 0.4) is 0 Å². The maximum atomic E-state index is 10.9. The molecule has 5 heteroatoms. The Labute approximate surface area is 115 Å². The molecule has 0 aliphatic carbocycles. The molecule has 4 nitrogen and oxygen atoms in total. The van der Waals surface area contributed by atoms with Crippen molar-refractivity contribution in [2.24, 2.45) is 0 Å². The van der Waals surface area contributed by atoms with Gasteiger partial charge in [0.25, 0.3) is 0 Å². The van der Waals surface area contributed by atoms with Crippen LogP contribution in [0.4, 0.5) is 5.69 Å². The number of rotatable bonds is 4. The van der Waals surface area contributed by atoms with Crippen LogP contribution in [0.2, 0.25) is 5.02 Å². The summed E-state index contributed by atoms with van der Waals surface area (Å²) in [6.45, 7) is 0.272. The maximum absolute atomic E-state index is 10.9. The van der Waals surface area contributed by atoms with Gasteiger partial charge in [-0.15, -0.1) is 0 Å². The standard InChI is InChI=1S/C14H12ClNO3/c15-11-3-1-2-9(6-11)8-19-13-7-10(14(17)18)4-5-12(13)16/h1-7H,8,16H2,(H,17,18). The summed E-state index contributed by atoms with van der Waals surface area (Å²) in [7, 11) is 0. The van der Waals surface area contributed by atoms with E-state index in [9.17, 15) is 4.79 Å². The molecule has 0 heterocycles. The lowest BCUT2D eigenvalue weighted by Crippen LogP contribution is -2.02. The quantitative estimate of drug-likeness (QED) is 0.842. The van der Waals surface area contributed by atoms with E-state index in [2.05, 4.69) is 0 Å². The monoisotopic (exact) mass is 277 g/mol. The SMILES string of the molecule is Nc1ccc(C(=O)O)cc1OCc1cccc(Cl)c1. The molecule has 3 N–H and O–H groups in total. The first-order chi connectivity index (χ1) is 9.06. The van der Waals surface area contributed by atoms with Crippen molar-refractivity contribution in [1.29, 1.82) is 0 Å². The van der Waals surface area contributed by atoms with E-state index in [1.165, 1.54) is 18.2 Å². The second-order valence-electron chi connectivity index (χ2n) is 3.98. The highest BCUT2D eigenvalue weighted by Gasteiger charge is 2.08.